The van der Waals surface area contributed by atoms with Crippen molar-refractivity contribution in [3.05, 3.63) is 0 Å². The van der Waals surface area contributed by atoms with Crippen LogP contribution in [0.2, 0.25) is 0 Å². The number of aliphatic hydroxyl groups excluding tert-OH is 1. The van der Waals surface area contributed by atoms with Gasteiger partial charge in [0.15, 0.2) is 5.96 Å². The largest absolute Gasteiger partial charge is 0.392 e. The monoisotopic (exact) mass is 481 g/mol. The minimum Gasteiger partial charge on any atom is -0.392 e. The maximum absolute atomic E-state index is 10.4. The van der Waals surface area contributed by atoms with E-state index in [2.05, 4.69) is 43.3 Å². The van der Waals surface area contributed by atoms with Gasteiger partial charge in [-0.2, -0.15) is 0 Å². The number of aliphatic hydroxyl groups is 1. The molecule has 0 spiro atoms. The van der Waals surface area contributed by atoms with E-state index in [0.29, 0.717) is 5.92 Å². The van der Waals surface area contributed by atoms with Gasteiger partial charge in [0.25, 0.3) is 0 Å². The molecule has 26 heavy (non-hydrogen) atoms. The molecule has 2 aliphatic rings. The Morgan fingerprint density at radius 3 is 2.54 bits per heavy atom. The van der Waals surface area contributed by atoms with Crippen molar-refractivity contribution in [1.82, 2.24) is 10.6 Å². The van der Waals surface area contributed by atoms with Crippen molar-refractivity contribution in [1.29, 1.82) is 0 Å². The second kappa shape index (κ2) is 10.5. The van der Waals surface area contributed by atoms with Crippen molar-refractivity contribution in [2.75, 3.05) is 26.7 Å². The highest BCUT2D eigenvalue weighted by molar-refractivity contribution is 14.0. The molecule has 0 aromatic rings. The molecule has 1 heterocycles. The fourth-order valence-electron chi connectivity index (χ4n) is 4.33. The molecule has 0 aromatic carbocycles. The van der Waals surface area contributed by atoms with E-state index in [9.17, 15) is 5.11 Å². The number of rotatable bonds is 4. The minimum atomic E-state index is -0.219. The Balaban J connectivity index is 0.00000338. The van der Waals surface area contributed by atoms with Crippen LogP contribution >= 0.6 is 24.0 Å². The van der Waals surface area contributed by atoms with E-state index in [1.807, 2.05) is 7.05 Å². The zero-order valence-electron chi connectivity index (χ0n) is 17.3. The summed E-state index contributed by atoms with van der Waals surface area (Å²) in [6, 6.07) is 0. The van der Waals surface area contributed by atoms with E-state index in [1.165, 1.54) is 12.8 Å². The molecule has 2 rings (SSSR count). The molecule has 1 saturated carbocycles. The Labute approximate surface area is 177 Å². The zero-order chi connectivity index (χ0) is 18.5. The number of hydrogen-bond acceptors (Lipinski definition) is 3. The van der Waals surface area contributed by atoms with E-state index in [4.69, 9.17) is 4.74 Å². The lowest BCUT2D eigenvalue weighted by molar-refractivity contribution is -0.0835. The number of aliphatic imine (C=N–C) groups is 1. The van der Waals surface area contributed by atoms with Crippen molar-refractivity contribution >= 4 is 29.9 Å². The van der Waals surface area contributed by atoms with Crippen LogP contribution in [0.25, 0.3) is 0 Å². The molecular formula is C20H40IN3O2. The second-order valence-electron chi connectivity index (χ2n) is 9.28. The summed E-state index contributed by atoms with van der Waals surface area (Å²) in [5.74, 6) is 1.33. The first-order valence-corrected chi connectivity index (χ1v) is 10.0. The van der Waals surface area contributed by atoms with Crippen molar-refractivity contribution in [2.45, 2.75) is 78.4 Å². The van der Waals surface area contributed by atoms with Gasteiger partial charge in [0.05, 0.1) is 12.2 Å². The van der Waals surface area contributed by atoms with E-state index in [1.54, 1.807) is 0 Å². The van der Waals surface area contributed by atoms with Crippen molar-refractivity contribution in [2.24, 2.45) is 21.7 Å². The maximum Gasteiger partial charge on any atom is 0.191 e. The highest BCUT2D eigenvalue weighted by Gasteiger charge is 2.36. The average Bonchev–Trinajstić information content (AvgIpc) is 2.57. The zero-order valence-corrected chi connectivity index (χ0v) is 19.6. The van der Waals surface area contributed by atoms with Crippen LogP contribution in [0.1, 0.15) is 66.2 Å². The third kappa shape index (κ3) is 6.51. The molecule has 1 saturated heterocycles. The Kier molecular flexibility index (Phi) is 9.64. The lowest BCUT2D eigenvalue weighted by Crippen LogP contribution is -2.51. The molecular weight excluding hydrogens is 441 g/mol. The first kappa shape index (κ1) is 24.0. The predicted molar refractivity (Wildman–Crippen MR) is 119 cm³/mol. The standard InChI is InChI=1S/C20H39N3O2.HI/c1-19(2,3)17-15(9-8-12-25-17)13-22-18(21-5)23-14-20(4)11-7-6-10-16(20)24;/h15-17,24H,6-14H2,1-5H3,(H2,21,22,23);1H. The van der Waals surface area contributed by atoms with Crippen LogP contribution < -0.4 is 10.6 Å². The van der Waals surface area contributed by atoms with Gasteiger partial charge < -0.3 is 20.5 Å². The summed E-state index contributed by atoms with van der Waals surface area (Å²) in [6.45, 7) is 11.5. The quantitative estimate of drug-likeness (QED) is 0.327. The summed E-state index contributed by atoms with van der Waals surface area (Å²) < 4.78 is 6.07. The molecule has 5 nitrogen and oxygen atoms in total. The van der Waals surface area contributed by atoms with Crippen LogP contribution in [0.15, 0.2) is 4.99 Å². The van der Waals surface area contributed by atoms with E-state index < -0.39 is 0 Å². The van der Waals surface area contributed by atoms with Gasteiger partial charge in [0, 0.05) is 38.1 Å². The summed E-state index contributed by atoms with van der Waals surface area (Å²) in [7, 11) is 1.81. The molecule has 1 aliphatic carbocycles. The van der Waals surface area contributed by atoms with Gasteiger partial charge in [0.2, 0.25) is 0 Å². The molecule has 1 aliphatic heterocycles. The molecule has 0 aromatic heterocycles. The molecule has 6 heteroatoms. The molecule has 0 radical (unpaired) electrons. The normalized spacial score (nSPS) is 33.3. The smallest absolute Gasteiger partial charge is 0.191 e. The van der Waals surface area contributed by atoms with E-state index >= 15 is 0 Å². The molecule has 2 fully saturated rings. The van der Waals surface area contributed by atoms with Gasteiger partial charge >= 0.3 is 0 Å². The van der Waals surface area contributed by atoms with Gasteiger partial charge in [-0.05, 0) is 31.1 Å². The van der Waals surface area contributed by atoms with Crippen LogP contribution in [0.4, 0.5) is 0 Å². The fraction of sp³-hybridized carbons (Fsp3) is 0.950. The lowest BCUT2D eigenvalue weighted by Gasteiger charge is -2.41. The summed E-state index contributed by atoms with van der Waals surface area (Å²) >= 11 is 0. The Bertz CT molecular complexity index is 453. The predicted octanol–water partition coefficient (Wildman–Crippen LogP) is 3.55. The van der Waals surface area contributed by atoms with Crippen LogP contribution in [-0.2, 0) is 4.74 Å². The molecule has 3 N–H and O–H groups in total. The number of ether oxygens (including phenoxy) is 1. The van der Waals surface area contributed by atoms with Crippen LogP contribution in [0.3, 0.4) is 0 Å². The van der Waals surface area contributed by atoms with Crippen molar-refractivity contribution in [3.8, 4) is 0 Å². The first-order valence-electron chi connectivity index (χ1n) is 10.0. The van der Waals surface area contributed by atoms with Crippen molar-refractivity contribution < 1.29 is 9.84 Å². The summed E-state index contributed by atoms with van der Waals surface area (Å²) in [4.78, 5) is 4.37. The van der Waals surface area contributed by atoms with E-state index in [0.717, 1.165) is 51.3 Å². The summed E-state index contributed by atoms with van der Waals surface area (Å²) in [6.07, 6.45) is 6.72. The summed E-state index contributed by atoms with van der Waals surface area (Å²) in [5, 5.41) is 17.3. The van der Waals surface area contributed by atoms with Crippen LogP contribution in [0.5, 0.6) is 0 Å². The highest BCUT2D eigenvalue weighted by Crippen LogP contribution is 2.35. The first-order chi connectivity index (χ1) is 11.8. The summed E-state index contributed by atoms with van der Waals surface area (Å²) in [5.41, 5.74) is 0.0984. The number of hydrogen-bond donors (Lipinski definition) is 3. The van der Waals surface area contributed by atoms with Gasteiger partial charge in [-0.1, -0.05) is 40.5 Å². The van der Waals surface area contributed by atoms with Gasteiger partial charge in [-0.3, -0.25) is 4.99 Å². The number of halogens is 1. The third-order valence-electron chi connectivity index (χ3n) is 5.99. The third-order valence-corrected chi connectivity index (χ3v) is 5.99. The second-order valence-corrected chi connectivity index (χ2v) is 9.28. The van der Waals surface area contributed by atoms with Crippen LogP contribution in [0, 0.1) is 16.7 Å². The Morgan fingerprint density at radius 2 is 1.92 bits per heavy atom. The van der Waals surface area contributed by atoms with Gasteiger partial charge in [0.1, 0.15) is 0 Å². The van der Waals surface area contributed by atoms with Gasteiger partial charge in [-0.25, -0.2) is 0 Å². The Hall–Kier alpha value is -0.0800. The SMILES string of the molecule is CN=C(NCC1CCCOC1C(C)(C)C)NCC1(C)CCCCC1O.I. The number of nitrogens with zero attached hydrogens (tertiary/aromatic N) is 1. The Morgan fingerprint density at radius 1 is 1.19 bits per heavy atom. The number of guanidine groups is 1. The minimum absolute atomic E-state index is 0. The average molecular weight is 481 g/mol. The highest BCUT2D eigenvalue weighted by atomic mass is 127. The molecule has 4 atom stereocenters. The van der Waals surface area contributed by atoms with Crippen molar-refractivity contribution in [3.63, 3.8) is 0 Å². The molecule has 154 valence electrons. The topological polar surface area (TPSA) is 65.9 Å². The fourth-order valence-corrected chi connectivity index (χ4v) is 4.33. The maximum atomic E-state index is 10.4. The van der Waals surface area contributed by atoms with E-state index in [-0.39, 0.29) is 47.0 Å². The lowest BCUT2D eigenvalue weighted by atomic mass is 9.73. The van der Waals surface area contributed by atoms with Crippen LogP contribution in [-0.4, -0.2) is 50.0 Å². The molecule has 4 unspecified atom stereocenters. The molecule has 0 bridgehead atoms. The molecule has 0 amide bonds. The number of nitrogens with one attached hydrogen (secondary N) is 2. The van der Waals surface area contributed by atoms with Gasteiger partial charge in [-0.15, -0.1) is 24.0 Å².